The van der Waals surface area contributed by atoms with Crippen LogP contribution in [-0.4, -0.2) is 38.5 Å². The van der Waals surface area contributed by atoms with Crippen molar-refractivity contribution in [3.63, 3.8) is 0 Å². The fraction of sp³-hybridized carbons (Fsp3) is 0.583. The van der Waals surface area contributed by atoms with E-state index in [4.69, 9.17) is 19.9 Å². The number of nitrogens with two attached hydrogens (primary N) is 1. The third kappa shape index (κ3) is 6.21. The third-order valence-corrected chi connectivity index (χ3v) is 2.19. The molecule has 0 radical (unpaired) electrons. The Morgan fingerprint density at radius 1 is 1.18 bits per heavy atom. The van der Waals surface area contributed by atoms with Crippen molar-refractivity contribution in [1.82, 2.24) is 4.98 Å². The van der Waals surface area contributed by atoms with E-state index in [9.17, 15) is 0 Å². The fourth-order valence-electron chi connectivity index (χ4n) is 1.26. The Morgan fingerprint density at radius 3 is 2.76 bits per heavy atom. The van der Waals surface area contributed by atoms with Gasteiger partial charge in [-0.25, -0.2) is 4.98 Å². The van der Waals surface area contributed by atoms with E-state index in [1.54, 1.807) is 13.3 Å². The summed E-state index contributed by atoms with van der Waals surface area (Å²) in [5, 5.41) is 0. The average Bonchev–Trinajstić information content (AvgIpc) is 2.35. The van der Waals surface area contributed by atoms with E-state index in [-0.39, 0.29) is 0 Å². The van der Waals surface area contributed by atoms with Crippen LogP contribution in [0.15, 0.2) is 18.3 Å². The molecular weight excluding hydrogens is 220 g/mol. The van der Waals surface area contributed by atoms with Crippen molar-refractivity contribution >= 4 is 5.82 Å². The molecule has 0 bridgehead atoms. The normalized spacial score (nSPS) is 10.6. The van der Waals surface area contributed by atoms with Crippen LogP contribution in [0.2, 0.25) is 0 Å². The van der Waals surface area contributed by atoms with Crippen LogP contribution in [0.3, 0.4) is 0 Å². The summed E-state index contributed by atoms with van der Waals surface area (Å²) in [5.74, 6) is 0.531. The molecule has 0 aliphatic rings. The van der Waals surface area contributed by atoms with Gasteiger partial charge in [-0.2, -0.15) is 0 Å². The van der Waals surface area contributed by atoms with Crippen LogP contribution >= 0.6 is 0 Å². The second-order valence-corrected chi connectivity index (χ2v) is 3.56. The maximum absolute atomic E-state index is 5.69. The first kappa shape index (κ1) is 13.9. The summed E-state index contributed by atoms with van der Waals surface area (Å²) in [6.07, 6.45) is 2.53. The van der Waals surface area contributed by atoms with Gasteiger partial charge in [0, 0.05) is 32.1 Å². The number of anilines is 1. The minimum Gasteiger partial charge on any atom is -0.383 e. The number of hydrogen-bond donors (Lipinski definition) is 1. The van der Waals surface area contributed by atoms with Gasteiger partial charge in [0.1, 0.15) is 5.82 Å². The van der Waals surface area contributed by atoms with Crippen molar-refractivity contribution in [2.75, 3.05) is 39.3 Å². The predicted octanol–water partition coefficient (Wildman–Crippen LogP) is 1.23. The summed E-state index contributed by atoms with van der Waals surface area (Å²) in [4.78, 5) is 3.99. The van der Waals surface area contributed by atoms with Gasteiger partial charge in [-0.05, 0) is 12.5 Å². The van der Waals surface area contributed by atoms with Gasteiger partial charge in [-0.15, -0.1) is 0 Å². The highest BCUT2D eigenvalue weighted by molar-refractivity contribution is 5.37. The van der Waals surface area contributed by atoms with Gasteiger partial charge >= 0.3 is 0 Å². The van der Waals surface area contributed by atoms with Gasteiger partial charge in [0.15, 0.2) is 0 Å². The molecule has 1 heterocycles. The van der Waals surface area contributed by atoms with Crippen LogP contribution in [0.1, 0.15) is 12.0 Å². The molecule has 1 aromatic heterocycles. The molecule has 0 aliphatic heterocycles. The summed E-state index contributed by atoms with van der Waals surface area (Å²) in [6.45, 7) is 3.10. The molecule has 0 fully saturated rings. The molecule has 0 unspecified atom stereocenters. The lowest BCUT2D eigenvalue weighted by molar-refractivity contribution is 0.0484. The first-order valence-corrected chi connectivity index (χ1v) is 5.68. The summed E-state index contributed by atoms with van der Waals surface area (Å²) < 4.78 is 15.6. The molecule has 0 spiro atoms. The highest BCUT2D eigenvalue weighted by Crippen LogP contribution is 2.08. The lowest BCUT2D eigenvalue weighted by Crippen LogP contribution is -2.06. The van der Waals surface area contributed by atoms with E-state index in [1.807, 2.05) is 12.1 Å². The van der Waals surface area contributed by atoms with Crippen LogP contribution in [0.5, 0.6) is 0 Å². The zero-order chi connectivity index (χ0) is 12.3. The monoisotopic (exact) mass is 240 g/mol. The van der Waals surface area contributed by atoms with E-state index in [1.165, 1.54) is 0 Å². The molecule has 5 nitrogen and oxygen atoms in total. The van der Waals surface area contributed by atoms with Gasteiger partial charge in [-0.3, -0.25) is 0 Å². The van der Waals surface area contributed by atoms with Crippen LogP contribution in [0.25, 0.3) is 0 Å². The minimum atomic E-state index is 0.498. The van der Waals surface area contributed by atoms with Crippen molar-refractivity contribution in [1.29, 1.82) is 0 Å². The molecule has 0 atom stereocenters. The SMILES string of the molecule is COCCOCCCOCc1cccnc1N. The van der Waals surface area contributed by atoms with E-state index in [0.29, 0.717) is 38.9 Å². The number of nitrogen functional groups attached to an aromatic ring is 1. The standard InChI is InChI=1S/C12H20N2O3/c1-15-8-9-16-6-3-7-17-10-11-4-2-5-14-12(11)13/h2,4-5H,3,6-10H2,1H3,(H2,13,14). The average molecular weight is 240 g/mol. The summed E-state index contributed by atoms with van der Waals surface area (Å²) in [5.41, 5.74) is 6.61. The van der Waals surface area contributed by atoms with E-state index < -0.39 is 0 Å². The number of ether oxygens (including phenoxy) is 3. The Hall–Kier alpha value is -1.17. The van der Waals surface area contributed by atoms with Crippen molar-refractivity contribution in [3.05, 3.63) is 23.9 Å². The van der Waals surface area contributed by atoms with Crippen molar-refractivity contribution < 1.29 is 14.2 Å². The zero-order valence-corrected chi connectivity index (χ0v) is 10.2. The van der Waals surface area contributed by atoms with Crippen LogP contribution in [0.4, 0.5) is 5.82 Å². The highest BCUT2D eigenvalue weighted by Gasteiger charge is 1.98. The predicted molar refractivity (Wildman–Crippen MR) is 65.6 cm³/mol. The Kier molecular flexibility index (Phi) is 7.29. The van der Waals surface area contributed by atoms with Crippen LogP contribution < -0.4 is 5.73 Å². The second-order valence-electron chi connectivity index (χ2n) is 3.56. The van der Waals surface area contributed by atoms with Gasteiger partial charge in [-0.1, -0.05) is 6.07 Å². The highest BCUT2D eigenvalue weighted by atomic mass is 16.5. The first-order chi connectivity index (χ1) is 8.34. The number of pyridine rings is 1. The topological polar surface area (TPSA) is 66.6 Å². The minimum absolute atomic E-state index is 0.498. The summed E-state index contributed by atoms with van der Waals surface area (Å²) in [6, 6.07) is 3.76. The third-order valence-electron chi connectivity index (χ3n) is 2.19. The van der Waals surface area contributed by atoms with E-state index in [0.717, 1.165) is 12.0 Å². The molecule has 2 N–H and O–H groups in total. The molecule has 0 amide bonds. The zero-order valence-electron chi connectivity index (χ0n) is 10.2. The maximum Gasteiger partial charge on any atom is 0.128 e. The molecule has 96 valence electrons. The molecule has 0 aliphatic carbocycles. The molecule has 5 heteroatoms. The van der Waals surface area contributed by atoms with Crippen LogP contribution in [0, 0.1) is 0 Å². The largest absolute Gasteiger partial charge is 0.383 e. The quantitative estimate of drug-likeness (QED) is 0.658. The molecule has 0 saturated heterocycles. The molecule has 1 aromatic rings. The Morgan fingerprint density at radius 2 is 2.00 bits per heavy atom. The molecule has 0 saturated carbocycles. The lowest BCUT2D eigenvalue weighted by atomic mass is 10.3. The number of aromatic nitrogens is 1. The van der Waals surface area contributed by atoms with Crippen molar-refractivity contribution in [2.24, 2.45) is 0 Å². The van der Waals surface area contributed by atoms with Gasteiger partial charge < -0.3 is 19.9 Å². The maximum atomic E-state index is 5.69. The molecular formula is C12H20N2O3. The number of methoxy groups -OCH3 is 1. The van der Waals surface area contributed by atoms with Crippen molar-refractivity contribution in [2.45, 2.75) is 13.0 Å². The Labute approximate surface area is 102 Å². The van der Waals surface area contributed by atoms with E-state index >= 15 is 0 Å². The lowest BCUT2D eigenvalue weighted by Gasteiger charge is -2.06. The molecule has 1 rings (SSSR count). The van der Waals surface area contributed by atoms with Gasteiger partial charge in [0.25, 0.3) is 0 Å². The van der Waals surface area contributed by atoms with Crippen molar-refractivity contribution in [3.8, 4) is 0 Å². The Balaban J connectivity index is 1.99. The van der Waals surface area contributed by atoms with Gasteiger partial charge in [0.2, 0.25) is 0 Å². The van der Waals surface area contributed by atoms with Gasteiger partial charge in [0.05, 0.1) is 19.8 Å². The Bertz CT molecular complexity index is 308. The summed E-state index contributed by atoms with van der Waals surface area (Å²) >= 11 is 0. The number of hydrogen-bond acceptors (Lipinski definition) is 5. The first-order valence-electron chi connectivity index (χ1n) is 5.68. The summed E-state index contributed by atoms with van der Waals surface area (Å²) in [7, 11) is 1.66. The second kappa shape index (κ2) is 8.92. The smallest absolute Gasteiger partial charge is 0.128 e. The number of nitrogens with zero attached hydrogens (tertiary/aromatic N) is 1. The molecule has 0 aromatic carbocycles. The molecule has 17 heavy (non-hydrogen) atoms. The van der Waals surface area contributed by atoms with Crippen LogP contribution in [-0.2, 0) is 20.8 Å². The fourth-order valence-corrected chi connectivity index (χ4v) is 1.26. The van der Waals surface area contributed by atoms with E-state index in [2.05, 4.69) is 4.98 Å². The number of rotatable bonds is 9.